The van der Waals surface area contributed by atoms with Crippen LogP contribution < -0.4 is 9.64 Å². The van der Waals surface area contributed by atoms with Crippen molar-refractivity contribution in [3.63, 3.8) is 0 Å². The molecule has 3 aliphatic rings. The predicted octanol–water partition coefficient (Wildman–Crippen LogP) is 6.45. The molecule has 0 unspecified atom stereocenters. The lowest BCUT2D eigenvalue weighted by molar-refractivity contribution is 0.0300. The smallest absolute Gasteiger partial charge is 0.177 e. The average molecular weight is 585 g/mol. The molecule has 0 spiro atoms. The van der Waals surface area contributed by atoms with E-state index in [1.165, 1.54) is 12.8 Å². The Morgan fingerprint density at radius 1 is 0.705 bits per heavy atom. The summed E-state index contributed by atoms with van der Waals surface area (Å²) in [5.74, 6) is 3.08. The Kier molecular flexibility index (Phi) is 6.09. The third kappa shape index (κ3) is 4.49. The number of nitrogens with zero attached hydrogens (tertiary/aromatic N) is 6. The molecule has 3 aliphatic heterocycles. The average Bonchev–Trinajstić information content (AvgIpc) is 3.88. The monoisotopic (exact) mass is 584 g/mol. The molecule has 4 aromatic heterocycles. The second-order valence-corrected chi connectivity index (χ2v) is 12.1. The highest BCUT2D eigenvalue weighted by atomic mass is 16.5. The molecule has 10 heteroatoms. The molecule has 2 fully saturated rings. The summed E-state index contributed by atoms with van der Waals surface area (Å²) in [4.78, 5) is 14.7. The van der Waals surface area contributed by atoms with Crippen LogP contribution in [-0.2, 0) is 4.74 Å². The van der Waals surface area contributed by atoms with E-state index in [-0.39, 0.29) is 0 Å². The number of H-pyrrole nitrogens is 2. The van der Waals surface area contributed by atoms with Gasteiger partial charge in [-0.1, -0.05) is 18.6 Å². The number of pyridine rings is 2. The predicted molar refractivity (Wildman–Crippen MR) is 169 cm³/mol. The fraction of sp³-hybridized carbons (Fsp3) is 0.294. The van der Waals surface area contributed by atoms with E-state index in [1.807, 2.05) is 36.9 Å². The first kappa shape index (κ1) is 25.7. The second-order valence-electron chi connectivity index (χ2n) is 12.1. The van der Waals surface area contributed by atoms with Crippen molar-refractivity contribution in [3.8, 4) is 33.8 Å². The molecule has 2 N–H and O–H groups in total. The topological polar surface area (TPSA) is 108 Å². The first-order valence-corrected chi connectivity index (χ1v) is 15.4. The number of aromatic nitrogens is 6. The van der Waals surface area contributed by atoms with Gasteiger partial charge in [-0.25, -0.2) is 9.97 Å². The van der Waals surface area contributed by atoms with Crippen molar-refractivity contribution in [1.82, 2.24) is 35.3 Å². The summed E-state index contributed by atoms with van der Waals surface area (Å²) in [5.41, 5.74) is 6.14. The van der Waals surface area contributed by atoms with Crippen LogP contribution in [-0.4, -0.2) is 73.6 Å². The van der Waals surface area contributed by atoms with E-state index in [2.05, 4.69) is 66.6 Å². The Labute approximate surface area is 254 Å². The number of aromatic amines is 2. The van der Waals surface area contributed by atoms with E-state index in [1.54, 1.807) is 0 Å². The molecule has 9 rings (SSSR count). The number of ether oxygens (including phenoxy) is 2. The summed E-state index contributed by atoms with van der Waals surface area (Å²) in [6, 6.07) is 17.3. The van der Waals surface area contributed by atoms with E-state index >= 15 is 0 Å². The van der Waals surface area contributed by atoms with Gasteiger partial charge in [0.15, 0.2) is 23.1 Å². The van der Waals surface area contributed by atoms with Gasteiger partial charge in [0, 0.05) is 53.4 Å². The molecule has 0 aliphatic carbocycles. The first-order chi connectivity index (χ1) is 21.7. The van der Waals surface area contributed by atoms with Crippen LogP contribution in [0.15, 0.2) is 73.3 Å². The van der Waals surface area contributed by atoms with E-state index in [0.29, 0.717) is 12.1 Å². The van der Waals surface area contributed by atoms with Crippen LogP contribution in [0.2, 0.25) is 0 Å². The summed E-state index contributed by atoms with van der Waals surface area (Å²) in [6.07, 6.45) is 12.6. The van der Waals surface area contributed by atoms with Crippen LogP contribution >= 0.6 is 0 Å². The number of nitrogens with one attached hydrogen (secondary N) is 2. The molecule has 220 valence electrons. The quantitative estimate of drug-likeness (QED) is 0.197. The van der Waals surface area contributed by atoms with Gasteiger partial charge in [0.05, 0.1) is 36.1 Å². The zero-order valence-corrected chi connectivity index (χ0v) is 24.2. The Bertz CT molecular complexity index is 1880. The molecule has 2 saturated heterocycles. The minimum absolute atomic E-state index is 0.455. The standard InChI is InChI=1S/C34H32N8O2/c1(2-8-41-19-28-14-27(41)20-43-28)3-9-42-33-31(12-23(15-35-33)21-4-6-29-25(10-21)17-37-39-29)44-32-13-24(16-36-34(32)42)22-5-7-30-26(11-22)18-38-40-30/h4-7,10-13,15-18,27-28H,1-3,8-9,14,19-20H2,(H,37,39)(H,38,40)/t27-,28-/m1/s1. The molecular formula is C34H32N8O2. The van der Waals surface area contributed by atoms with Gasteiger partial charge in [0.25, 0.3) is 0 Å². The van der Waals surface area contributed by atoms with Gasteiger partial charge in [-0.2, -0.15) is 10.2 Å². The maximum atomic E-state index is 6.58. The number of likely N-dealkylation sites (tertiary alicyclic amines) is 1. The summed E-state index contributed by atoms with van der Waals surface area (Å²) in [5, 5.41) is 16.5. The summed E-state index contributed by atoms with van der Waals surface area (Å²) in [7, 11) is 0. The van der Waals surface area contributed by atoms with Gasteiger partial charge < -0.3 is 14.4 Å². The Morgan fingerprint density at radius 2 is 1.34 bits per heavy atom. The SMILES string of the molecule is c1cc2[nH]ncc2cc1-c1cnc2c(c1)Oc1cc(-c3ccc4[nH]ncc4c3)cnc1N2CCCCCN1C[C@H]2C[C@@H]1CO2. The Morgan fingerprint density at radius 3 is 1.93 bits per heavy atom. The largest absolute Gasteiger partial charge is 0.450 e. The van der Waals surface area contributed by atoms with E-state index in [4.69, 9.17) is 19.4 Å². The molecular weight excluding hydrogens is 552 g/mol. The lowest BCUT2D eigenvalue weighted by Gasteiger charge is -2.31. The van der Waals surface area contributed by atoms with Crippen molar-refractivity contribution < 1.29 is 9.47 Å². The van der Waals surface area contributed by atoms with E-state index < -0.39 is 0 Å². The molecule has 6 aromatic rings. The van der Waals surface area contributed by atoms with Crippen molar-refractivity contribution in [1.29, 1.82) is 0 Å². The first-order valence-electron chi connectivity index (χ1n) is 15.4. The number of hydrogen-bond donors (Lipinski definition) is 2. The normalized spacial score (nSPS) is 19.0. The molecule has 0 radical (unpaired) electrons. The molecule has 7 heterocycles. The maximum absolute atomic E-state index is 6.58. The third-order valence-corrected chi connectivity index (χ3v) is 9.29. The maximum Gasteiger partial charge on any atom is 0.177 e. The molecule has 2 bridgehead atoms. The fourth-order valence-electron chi connectivity index (χ4n) is 6.94. The molecule has 0 amide bonds. The van der Waals surface area contributed by atoms with Crippen LogP contribution in [0.1, 0.15) is 25.7 Å². The molecule has 44 heavy (non-hydrogen) atoms. The number of benzene rings is 2. The summed E-state index contributed by atoms with van der Waals surface area (Å²) < 4.78 is 12.4. The van der Waals surface area contributed by atoms with Crippen LogP contribution in [0.5, 0.6) is 11.5 Å². The minimum Gasteiger partial charge on any atom is -0.450 e. The highest BCUT2D eigenvalue weighted by Crippen LogP contribution is 2.47. The van der Waals surface area contributed by atoms with Gasteiger partial charge in [-0.15, -0.1) is 0 Å². The van der Waals surface area contributed by atoms with Gasteiger partial charge in [-0.05, 0) is 73.3 Å². The fourth-order valence-corrected chi connectivity index (χ4v) is 6.94. The minimum atomic E-state index is 0.455. The number of fused-ring (bicyclic) bond motifs is 6. The van der Waals surface area contributed by atoms with Crippen molar-refractivity contribution in [2.75, 3.05) is 31.1 Å². The number of morpholine rings is 1. The third-order valence-electron chi connectivity index (χ3n) is 9.29. The highest BCUT2D eigenvalue weighted by molar-refractivity contribution is 5.86. The molecule has 2 atom stereocenters. The number of rotatable bonds is 8. The van der Waals surface area contributed by atoms with Crippen LogP contribution in [0, 0.1) is 0 Å². The van der Waals surface area contributed by atoms with Gasteiger partial charge in [0.1, 0.15) is 0 Å². The van der Waals surface area contributed by atoms with Crippen LogP contribution in [0.4, 0.5) is 11.6 Å². The summed E-state index contributed by atoms with van der Waals surface area (Å²) >= 11 is 0. The lowest BCUT2D eigenvalue weighted by Crippen LogP contribution is -2.37. The lowest BCUT2D eigenvalue weighted by atomic mass is 10.0. The van der Waals surface area contributed by atoms with Gasteiger partial charge in [-0.3, -0.25) is 15.1 Å². The second kappa shape index (κ2) is 10.4. The van der Waals surface area contributed by atoms with E-state index in [0.717, 1.165) is 106 Å². The van der Waals surface area contributed by atoms with Crippen LogP contribution in [0.3, 0.4) is 0 Å². The van der Waals surface area contributed by atoms with Crippen LogP contribution in [0.25, 0.3) is 44.1 Å². The van der Waals surface area contributed by atoms with Crippen molar-refractivity contribution in [3.05, 3.63) is 73.3 Å². The zero-order chi connectivity index (χ0) is 29.0. The Balaban J connectivity index is 1.01. The molecule has 0 saturated carbocycles. The molecule has 10 nitrogen and oxygen atoms in total. The zero-order valence-electron chi connectivity index (χ0n) is 24.2. The summed E-state index contributed by atoms with van der Waals surface area (Å²) in [6.45, 7) is 3.96. The van der Waals surface area contributed by atoms with E-state index in [9.17, 15) is 0 Å². The highest BCUT2D eigenvalue weighted by Gasteiger charge is 2.38. The number of unbranched alkanes of at least 4 members (excludes halogenated alkanes) is 2. The van der Waals surface area contributed by atoms with Crippen molar-refractivity contribution in [2.45, 2.75) is 37.8 Å². The number of anilines is 2. The Hall–Kier alpha value is -4.80. The number of hydrogen-bond acceptors (Lipinski definition) is 8. The van der Waals surface area contributed by atoms with Crippen molar-refractivity contribution in [2.24, 2.45) is 0 Å². The van der Waals surface area contributed by atoms with Crippen molar-refractivity contribution >= 4 is 33.4 Å². The molecule has 2 aromatic carbocycles. The van der Waals surface area contributed by atoms with Gasteiger partial charge >= 0.3 is 0 Å². The van der Waals surface area contributed by atoms with Gasteiger partial charge in [0.2, 0.25) is 0 Å².